The van der Waals surface area contributed by atoms with Crippen LogP contribution in [0.15, 0.2) is 18.2 Å². The SMILES string of the molecule is CCCOc1ccc(CN)cc1C(F)(F)F. The Labute approximate surface area is 92.2 Å². The first-order valence-corrected chi connectivity index (χ1v) is 5.02. The molecule has 0 aliphatic heterocycles. The Morgan fingerprint density at radius 2 is 2.00 bits per heavy atom. The van der Waals surface area contributed by atoms with Crippen molar-refractivity contribution in [3.8, 4) is 5.75 Å². The normalized spacial score (nSPS) is 11.6. The summed E-state index contributed by atoms with van der Waals surface area (Å²) in [7, 11) is 0. The van der Waals surface area contributed by atoms with Gasteiger partial charge in [-0.25, -0.2) is 0 Å². The quantitative estimate of drug-likeness (QED) is 0.867. The van der Waals surface area contributed by atoms with Gasteiger partial charge in [0.25, 0.3) is 0 Å². The van der Waals surface area contributed by atoms with Crippen molar-refractivity contribution in [3.05, 3.63) is 29.3 Å². The first-order chi connectivity index (χ1) is 7.49. The van der Waals surface area contributed by atoms with E-state index in [2.05, 4.69) is 0 Å². The van der Waals surface area contributed by atoms with Crippen LogP contribution in [0.2, 0.25) is 0 Å². The molecule has 0 saturated carbocycles. The minimum atomic E-state index is -4.41. The Morgan fingerprint density at radius 3 is 2.50 bits per heavy atom. The highest BCUT2D eigenvalue weighted by Gasteiger charge is 2.34. The van der Waals surface area contributed by atoms with Gasteiger partial charge in [-0.15, -0.1) is 0 Å². The van der Waals surface area contributed by atoms with Gasteiger partial charge in [0, 0.05) is 6.54 Å². The number of ether oxygens (including phenoxy) is 1. The predicted molar refractivity (Wildman–Crippen MR) is 55.1 cm³/mol. The lowest BCUT2D eigenvalue weighted by molar-refractivity contribution is -0.139. The Balaban J connectivity index is 3.06. The summed E-state index contributed by atoms with van der Waals surface area (Å²) in [5, 5.41) is 0. The highest BCUT2D eigenvalue weighted by atomic mass is 19.4. The van der Waals surface area contributed by atoms with Crippen molar-refractivity contribution >= 4 is 0 Å². The van der Waals surface area contributed by atoms with Crippen molar-refractivity contribution in [1.29, 1.82) is 0 Å². The van der Waals surface area contributed by atoms with E-state index in [4.69, 9.17) is 10.5 Å². The molecule has 0 aliphatic carbocycles. The third-order valence-electron chi connectivity index (χ3n) is 2.05. The molecule has 0 aromatic heterocycles. The summed E-state index contributed by atoms with van der Waals surface area (Å²) in [5.74, 6) is -0.133. The number of alkyl halides is 3. The first-order valence-electron chi connectivity index (χ1n) is 5.02. The minimum Gasteiger partial charge on any atom is -0.493 e. The molecule has 0 atom stereocenters. The zero-order chi connectivity index (χ0) is 12.2. The molecule has 5 heteroatoms. The standard InChI is InChI=1S/C11H14F3NO/c1-2-5-16-10-4-3-8(7-15)6-9(10)11(12,13)14/h3-4,6H,2,5,7,15H2,1H3. The third kappa shape index (κ3) is 3.13. The van der Waals surface area contributed by atoms with Crippen LogP contribution in [0.4, 0.5) is 13.2 Å². The zero-order valence-corrected chi connectivity index (χ0v) is 8.97. The molecule has 1 aromatic carbocycles. The number of benzene rings is 1. The molecule has 0 amide bonds. The molecule has 2 nitrogen and oxygen atoms in total. The largest absolute Gasteiger partial charge is 0.493 e. The Kier molecular flexibility index (Phi) is 4.18. The minimum absolute atomic E-state index is 0.0805. The number of hydrogen-bond acceptors (Lipinski definition) is 2. The Bertz CT molecular complexity index is 350. The van der Waals surface area contributed by atoms with Gasteiger partial charge in [0.15, 0.2) is 0 Å². The Morgan fingerprint density at radius 1 is 1.31 bits per heavy atom. The van der Waals surface area contributed by atoms with Crippen molar-refractivity contribution in [2.24, 2.45) is 5.73 Å². The molecule has 0 unspecified atom stereocenters. The second kappa shape index (κ2) is 5.21. The van der Waals surface area contributed by atoms with E-state index in [1.165, 1.54) is 6.07 Å². The van der Waals surface area contributed by atoms with Gasteiger partial charge in [-0.3, -0.25) is 0 Å². The number of nitrogens with two attached hydrogens (primary N) is 1. The van der Waals surface area contributed by atoms with E-state index < -0.39 is 11.7 Å². The first kappa shape index (κ1) is 12.8. The van der Waals surface area contributed by atoms with E-state index in [0.717, 1.165) is 6.07 Å². The van der Waals surface area contributed by atoms with E-state index in [-0.39, 0.29) is 18.9 Å². The summed E-state index contributed by atoms with van der Waals surface area (Å²) in [6, 6.07) is 3.89. The van der Waals surface area contributed by atoms with E-state index in [9.17, 15) is 13.2 Å². The number of rotatable bonds is 4. The topological polar surface area (TPSA) is 35.2 Å². The number of halogens is 3. The van der Waals surface area contributed by atoms with Crippen molar-refractivity contribution in [3.63, 3.8) is 0 Å². The monoisotopic (exact) mass is 233 g/mol. The lowest BCUT2D eigenvalue weighted by Gasteiger charge is -2.14. The van der Waals surface area contributed by atoms with Crippen LogP contribution in [0, 0.1) is 0 Å². The van der Waals surface area contributed by atoms with E-state index in [0.29, 0.717) is 12.0 Å². The van der Waals surface area contributed by atoms with Gasteiger partial charge in [0.1, 0.15) is 5.75 Å². The molecule has 0 fully saturated rings. The average molecular weight is 233 g/mol. The summed E-state index contributed by atoms with van der Waals surface area (Å²) in [5.41, 5.74) is 4.98. The van der Waals surface area contributed by atoms with Gasteiger partial charge in [-0.2, -0.15) is 13.2 Å². The molecule has 0 heterocycles. The molecule has 16 heavy (non-hydrogen) atoms. The van der Waals surface area contributed by atoms with Crippen molar-refractivity contribution in [2.45, 2.75) is 26.1 Å². The van der Waals surface area contributed by atoms with Crippen molar-refractivity contribution in [1.82, 2.24) is 0 Å². The fourth-order valence-electron chi connectivity index (χ4n) is 1.26. The van der Waals surface area contributed by atoms with Gasteiger partial charge in [0.05, 0.1) is 12.2 Å². The van der Waals surface area contributed by atoms with Gasteiger partial charge in [-0.05, 0) is 24.1 Å². The van der Waals surface area contributed by atoms with E-state index >= 15 is 0 Å². The van der Waals surface area contributed by atoms with Crippen LogP contribution in [0.3, 0.4) is 0 Å². The molecular formula is C11H14F3NO. The molecule has 0 radical (unpaired) electrons. The lowest BCUT2D eigenvalue weighted by Crippen LogP contribution is -2.10. The second-order valence-corrected chi connectivity index (χ2v) is 3.38. The fourth-order valence-corrected chi connectivity index (χ4v) is 1.26. The fraction of sp³-hybridized carbons (Fsp3) is 0.455. The third-order valence-corrected chi connectivity index (χ3v) is 2.05. The van der Waals surface area contributed by atoms with Gasteiger partial charge in [0.2, 0.25) is 0 Å². The maximum atomic E-state index is 12.7. The smallest absolute Gasteiger partial charge is 0.419 e. The molecule has 1 aromatic rings. The summed E-state index contributed by atoms with van der Waals surface area (Å²) >= 11 is 0. The molecule has 0 bridgehead atoms. The van der Waals surface area contributed by atoms with Gasteiger partial charge < -0.3 is 10.5 Å². The van der Waals surface area contributed by atoms with Crippen LogP contribution in [0.25, 0.3) is 0 Å². The molecule has 0 saturated heterocycles. The molecule has 0 spiro atoms. The zero-order valence-electron chi connectivity index (χ0n) is 8.97. The average Bonchev–Trinajstić information content (AvgIpc) is 2.25. The number of hydrogen-bond donors (Lipinski definition) is 1. The molecule has 1 rings (SSSR count). The highest BCUT2D eigenvalue weighted by molar-refractivity contribution is 5.39. The summed E-state index contributed by atoms with van der Waals surface area (Å²) < 4.78 is 43.1. The van der Waals surface area contributed by atoms with Gasteiger partial charge in [-0.1, -0.05) is 13.0 Å². The summed E-state index contributed by atoms with van der Waals surface area (Å²) in [6.07, 6.45) is -3.75. The van der Waals surface area contributed by atoms with Gasteiger partial charge >= 0.3 is 6.18 Å². The lowest BCUT2D eigenvalue weighted by atomic mass is 10.1. The second-order valence-electron chi connectivity index (χ2n) is 3.38. The Hall–Kier alpha value is -1.23. The van der Waals surface area contributed by atoms with E-state index in [1.54, 1.807) is 6.07 Å². The highest BCUT2D eigenvalue weighted by Crippen LogP contribution is 2.36. The molecule has 0 aliphatic rings. The van der Waals surface area contributed by atoms with Crippen molar-refractivity contribution < 1.29 is 17.9 Å². The van der Waals surface area contributed by atoms with Crippen LogP contribution in [0.1, 0.15) is 24.5 Å². The molecule has 2 N–H and O–H groups in total. The maximum Gasteiger partial charge on any atom is 0.419 e. The van der Waals surface area contributed by atoms with Crippen LogP contribution >= 0.6 is 0 Å². The van der Waals surface area contributed by atoms with E-state index in [1.807, 2.05) is 6.92 Å². The molecular weight excluding hydrogens is 219 g/mol. The van der Waals surface area contributed by atoms with Crippen LogP contribution in [-0.2, 0) is 12.7 Å². The van der Waals surface area contributed by atoms with Crippen molar-refractivity contribution in [2.75, 3.05) is 6.61 Å². The summed E-state index contributed by atoms with van der Waals surface area (Å²) in [4.78, 5) is 0. The van der Waals surface area contributed by atoms with Crippen LogP contribution in [-0.4, -0.2) is 6.61 Å². The summed E-state index contributed by atoms with van der Waals surface area (Å²) in [6.45, 7) is 2.18. The molecule has 90 valence electrons. The predicted octanol–water partition coefficient (Wildman–Crippen LogP) is 2.95. The maximum absolute atomic E-state index is 12.7. The van der Waals surface area contributed by atoms with Crippen LogP contribution in [0.5, 0.6) is 5.75 Å². The van der Waals surface area contributed by atoms with Crippen LogP contribution < -0.4 is 10.5 Å².